The third kappa shape index (κ3) is 4.85. The fraction of sp³-hybridized carbons (Fsp3) is 0.263. The van der Waals surface area contributed by atoms with E-state index in [1.807, 2.05) is 0 Å². The third-order valence-corrected chi connectivity index (χ3v) is 4.37. The second kappa shape index (κ2) is 8.80. The number of alkyl halides is 3. The Labute approximate surface area is 169 Å². The van der Waals surface area contributed by atoms with Gasteiger partial charge in [-0.15, -0.1) is 10.2 Å². The first-order valence-electron chi connectivity index (χ1n) is 8.74. The van der Waals surface area contributed by atoms with E-state index in [-0.39, 0.29) is 17.9 Å². The Kier molecular flexibility index (Phi) is 6.19. The van der Waals surface area contributed by atoms with Gasteiger partial charge in [0, 0.05) is 11.8 Å². The number of H-pyrrole nitrogens is 1. The van der Waals surface area contributed by atoms with Crippen molar-refractivity contribution >= 4 is 11.6 Å². The number of methoxy groups -OCH3 is 2. The van der Waals surface area contributed by atoms with E-state index in [1.54, 1.807) is 18.2 Å². The van der Waals surface area contributed by atoms with Gasteiger partial charge in [-0.2, -0.15) is 18.4 Å². The van der Waals surface area contributed by atoms with Gasteiger partial charge in [-0.25, -0.2) is 0 Å². The Morgan fingerprint density at radius 1 is 1.17 bits per heavy atom. The summed E-state index contributed by atoms with van der Waals surface area (Å²) >= 11 is 0. The Balaban J connectivity index is 1.88. The van der Waals surface area contributed by atoms with Gasteiger partial charge in [0.15, 0.2) is 5.82 Å². The molecule has 2 N–H and O–H groups in total. The number of hydrogen-bond acceptors (Lipinski definition) is 6. The van der Waals surface area contributed by atoms with Crippen LogP contribution in [0.1, 0.15) is 22.9 Å². The van der Waals surface area contributed by atoms with Gasteiger partial charge in [0.05, 0.1) is 19.8 Å². The van der Waals surface area contributed by atoms with Crippen LogP contribution in [0.3, 0.4) is 0 Å². The lowest BCUT2D eigenvalue weighted by Crippen LogP contribution is -2.24. The van der Waals surface area contributed by atoms with Crippen LogP contribution in [0, 0.1) is 0 Å². The number of carbonyl (C=O) groups is 1. The van der Waals surface area contributed by atoms with Crippen LogP contribution >= 0.6 is 0 Å². The van der Waals surface area contributed by atoms with Crippen molar-refractivity contribution in [1.29, 1.82) is 0 Å². The molecule has 8 nitrogen and oxygen atoms in total. The first-order valence-corrected chi connectivity index (χ1v) is 8.74. The van der Waals surface area contributed by atoms with Gasteiger partial charge in [-0.1, -0.05) is 17.3 Å². The lowest BCUT2D eigenvalue weighted by atomic mass is 9.96. The summed E-state index contributed by atoms with van der Waals surface area (Å²) in [5.74, 6) is -0.374. The highest BCUT2D eigenvalue weighted by atomic mass is 19.4. The topological polar surface area (TPSA) is 102 Å². The van der Waals surface area contributed by atoms with Gasteiger partial charge in [0.2, 0.25) is 5.91 Å². The highest BCUT2D eigenvalue weighted by Crippen LogP contribution is 2.32. The number of nitrogens with one attached hydrogen (secondary N) is 2. The van der Waals surface area contributed by atoms with E-state index in [4.69, 9.17) is 9.47 Å². The molecule has 1 amide bonds. The molecule has 0 radical (unpaired) electrons. The van der Waals surface area contributed by atoms with Crippen molar-refractivity contribution in [3.63, 3.8) is 0 Å². The predicted molar refractivity (Wildman–Crippen MR) is 100 cm³/mol. The largest absolute Gasteiger partial charge is 0.497 e. The van der Waals surface area contributed by atoms with E-state index >= 15 is 0 Å². The minimum Gasteiger partial charge on any atom is -0.497 e. The number of hydrogen-bond donors (Lipinski definition) is 2. The fourth-order valence-electron chi connectivity index (χ4n) is 2.86. The summed E-state index contributed by atoms with van der Waals surface area (Å²) in [4.78, 5) is 12.9. The van der Waals surface area contributed by atoms with Crippen molar-refractivity contribution in [2.75, 3.05) is 19.5 Å². The molecule has 11 heteroatoms. The molecule has 1 unspecified atom stereocenters. The Bertz CT molecular complexity index is 1010. The number of tetrazole rings is 1. The standard InChI is InChI=1S/C19H18F3N5O3/c1-29-14-7-6-11(16(10-14)30-2)8-15(17-24-26-27-25-17)18(28)23-13-5-3-4-12(9-13)19(20,21)22/h3-7,9-10,15H,8H2,1-2H3,(H,23,28)(H,24,25,26,27). The number of amides is 1. The molecule has 0 bridgehead atoms. The van der Waals surface area contributed by atoms with Crippen LogP contribution in [-0.2, 0) is 17.4 Å². The predicted octanol–water partition coefficient (Wildman–Crippen LogP) is 3.20. The van der Waals surface area contributed by atoms with Crippen molar-refractivity contribution in [3.8, 4) is 11.5 Å². The zero-order valence-electron chi connectivity index (χ0n) is 16.0. The quantitative estimate of drug-likeness (QED) is 0.608. The molecule has 3 aromatic rings. The number of ether oxygens (including phenoxy) is 2. The van der Waals surface area contributed by atoms with E-state index in [0.717, 1.165) is 12.1 Å². The van der Waals surface area contributed by atoms with Gasteiger partial charge in [0.1, 0.15) is 17.4 Å². The van der Waals surface area contributed by atoms with Crippen LogP contribution in [0.2, 0.25) is 0 Å². The number of carbonyl (C=O) groups excluding carboxylic acids is 1. The van der Waals surface area contributed by atoms with Gasteiger partial charge in [-0.05, 0) is 36.2 Å². The Hall–Kier alpha value is -3.63. The average Bonchev–Trinajstić information content (AvgIpc) is 3.26. The first-order chi connectivity index (χ1) is 14.3. The zero-order valence-corrected chi connectivity index (χ0v) is 16.0. The Morgan fingerprint density at radius 3 is 2.60 bits per heavy atom. The van der Waals surface area contributed by atoms with Crippen LogP contribution in [0.4, 0.5) is 18.9 Å². The van der Waals surface area contributed by atoms with Crippen molar-refractivity contribution in [1.82, 2.24) is 20.6 Å². The molecule has 0 saturated heterocycles. The van der Waals surface area contributed by atoms with Crippen molar-refractivity contribution in [2.24, 2.45) is 0 Å². The summed E-state index contributed by atoms with van der Waals surface area (Å²) in [5, 5.41) is 16.0. The number of halogens is 3. The van der Waals surface area contributed by atoms with E-state index in [9.17, 15) is 18.0 Å². The maximum atomic E-state index is 13.0. The molecule has 158 valence electrons. The van der Waals surface area contributed by atoms with Gasteiger partial charge in [0.25, 0.3) is 0 Å². The van der Waals surface area contributed by atoms with Crippen molar-refractivity contribution < 1.29 is 27.4 Å². The molecule has 1 atom stereocenters. The number of nitrogens with zero attached hydrogens (tertiary/aromatic N) is 3. The lowest BCUT2D eigenvalue weighted by Gasteiger charge is -2.17. The normalized spacial score (nSPS) is 12.3. The first kappa shape index (κ1) is 21.1. The fourth-order valence-corrected chi connectivity index (χ4v) is 2.86. The molecule has 30 heavy (non-hydrogen) atoms. The minimum absolute atomic E-state index is 0.00464. The highest BCUT2D eigenvalue weighted by Gasteiger charge is 2.31. The van der Waals surface area contributed by atoms with E-state index in [0.29, 0.717) is 17.1 Å². The average molecular weight is 421 g/mol. The van der Waals surface area contributed by atoms with Gasteiger partial charge < -0.3 is 14.8 Å². The van der Waals surface area contributed by atoms with Crippen LogP contribution in [0.5, 0.6) is 11.5 Å². The van der Waals surface area contributed by atoms with E-state index in [1.165, 1.54) is 26.4 Å². The lowest BCUT2D eigenvalue weighted by molar-refractivity contribution is -0.137. The molecule has 0 spiro atoms. The molecule has 0 saturated carbocycles. The molecule has 3 rings (SSSR count). The molecule has 0 aliphatic carbocycles. The molecule has 0 aliphatic heterocycles. The maximum absolute atomic E-state index is 13.0. The highest BCUT2D eigenvalue weighted by molar-refractivity contribution is 5.95. The number of aromatic nitrogens is 4. The second-order valence-corrected chi connectivity index (χ2v) is 6.27. The SMILES string of the molecule is COc1ccc(CC(C(=O)Nc2cccc(C(F)(F)F)c2)c2nn[nH]n2)c(OC)c1. The van der Waals surface area contributed by atoms with Crippen molar-refractivity contribution in [2.45, 2.75) is 18.5 Å². The third-order valence-electron chi connectivity index (χ3n) is 4.37. The number of anilines is 1. The Morgan fingerprint density at radius 2 is 1.97 bits per heavy atom. The summed E-state index contributed by atoms with van der Waals surface area (Å²) in [5.41, 5.74) is -0.203. The van der Waals surface area contributed by atoms with Crippen LogP contribution in [0.15, 0.2) is 42.5 Å². The molecule has 2 aromatic carbocycles. The van der Waals surface area contributed by atoms with E-state index < -0.39 is 23.6 Å². The van der Waals surface area contributed by atoms with E-state index in [2.05, 4.69) is 25.9 Å². The molecule has 1 heterocycles. The second-order valence-electron chi connectivity index (χ2n) is 6.27. The summed E-state index contributed by atoms with van der Waals surface area (Å²) < 4.78 is 49.4. The molecule has 0 aliphatic rings. The maximum Gasteiger partial charge on any atom is 0.416 e. The van der Waals surface area contributed by atoms with Gasteiger partial charge in [-0.3, -0.25) is 4.79 Å². The van der Waals surface area contributed by atoms with Crippen LogP contribution < -0.4 is 14.8 Å². The summed E-state index contributed by atoms with van der Waals surface area (Å²) in [6, 6.07) is 9.46. The van der Waals surface area contributed by atoms with Gasteiger partial charge >= 0.3 is 6.18 Å². The smallest absolute Gasteiger partial charge is 0.416 e. The minimum atomic E-state index is -4.52. The zero-order chi connectivity index (χ0) is 21.7. The molecular formula is C19H18F3N5O3. The molecule has 1 aromatic heterocycles. The number of benzene rings is 2. The van der Waals surface area contributed by atoms with Crippen LogP contribution in [-0.4, -0.2) is 40.8 Å². The summed E-state index contributed by atoms with van der Waals surface area (Å²) in [6.45, 7) is 0. The monoisotopic (exact) mass is 421 g/mol. The summed E-state index contributed by atoms with van der Waals surface area (Å²) in [6.07, 6.45) is -4.40. The summed E-state index contributed by atoms with van der Waals surface area (Å²) in [7, 11) is 2.99. The van der Waals surface area contributed by atoms with Crippen LogP contribution in [0.25, 0.3) is 0 Å². The number of rotatable bonds is 7. The molecule has 0 fully saturated rings. The molecular weight excluding hydrogens is 403 g/mol. The van der Waals surface area contributed by atoms with Crippen molar-refractivity contribution in [3.05, 3.63) is 59.4 Å². The number of aromatic amines is 1.